The Bertz CT molecular complexity index is 1390. The lowest BCUT2D eigenvalue weighted by molar-refractivity contribution is -0.134. The van der Waals surface area contributed by atoms with Crippen molar-refractivity contribution in [2.75, 3.05) is 19.7 Å². The highest BCUT2D eigenvalue weighted by Gasteiger charge is 2.23. The van der Waals surface area contributed by atoms with Gasteiger partial charge in [-0.15, -0.1) is 0 Å². The summed E-state index contributed by atoms with van der Waals surface area (Å²) in [6.45, 7) is 7.40. The van der Waals surface area contributed by atoms with E-state index in [1.165, 1.54) is 5.56 Å². The summed E-state index contributed by atoms with van der Waals surface area (Å²) in [5.74, 6) is 2.03. The van der Waals surface area contributed by atoms with Crippen molar-refractivity contribution in [2.45, 2.75) is 52.6 Å². The Morgan fingerprint density at radius 3 is 2.38 bits per heavy atom. The third kappa shape index (κ3) is 7.39. The second-order valence-corrected chi connectivity index (χ2v) is 10.4. The van der Waals surface area contributed by atoms with Crippen molar-refractivity contribution in [3.63, 3.8) is 0 Å². The molecule has 1 heterocycles. The molecular formula is C33H35N3O3. The van der Waals surface area contributed by atoms with Crippen molar-refractivity contribution < 1.29 is 14.3 Å². The number of benzene rings is 3. The van der Waals surface area contributed by atoms with Crippen LogP contribution in [0.4, 0.5) is 0 Å². The van der Waals surface area contributed by atoms with Crippen LogP contribution in [0.1, 0.15) is 55.4 Å². The molecule has 6 nitrogen and oxygen atoms in total. The van der Waals surface area contributed by atoms with Gasteiger partial charge in [0, 0.05) is 18.7 Å². The Hall–Kier alpha value is -4.29. The summed E-state index contributed by atoms with van der Waals surface area (Å²) in [5, 5.41) is 18.6. The van der Waals surface area contributed by atoms with Gasteiger partial charge in [-0.1, -0.05) is 18.2 Å². The van der Waals surface area contributed by atoms with Gasteiger partial charge in [-0.2, -0.15) is 10.5 Å². The molecule has 0 bridgehead atoms. The molecule has 39 heavy (non-hydrogen) atoms. The first-order valence-electron chi connectivity index (χ1n) is 13.6. The van der Waals surface area contributed by atoms with Gasteiger partial charge in [0.25, 0.3) is 5.91 Å². The van der Waals surface area contributed by atoms with Crippen molar-refractivity contribution in [2.24, 2.45) is 5.92 Å². The summed E-state index contributed by atoms with van der Waals surface area (Å²) in [4.78, 5) is 14.9. The summed E-state index contributed by atoms with van der Waals surface area (Å²) in [6.07, 6.45) is 4.24. The highest BCUT2D eigenvalue weighted by molar-refractivity contribution is 5.79. The van der Waals surface area contributed by atoms with Crippen LogP contribution in [0.2, 0.25) is 0 Å². The highest BCUT2D eigenvalue weighted by Crippen LogP contribution is 2.34. The number of carbonyl (C=O) groups excluding carboxylic acids is 1. The van der Waals surface area contributed by atoms with Crippen LogP contribution in [0.15, 0.2) is 60.7 Å². The average molecular weight is 522 g/mol. The molecule has 0 N–H and O–H groups in total. The van der Waals surface area contributed by atoms with Gasteiger partial charge in [0.05, 0.1) is 29.4 Å². The quantitative estimate of drug-likeness (QED) is 0.323. The van der Waals surface area contributed by atoms with Crippen LogP contribution in [0.5, 0.6) is 11.5 Å². The smallest absolute Gasteiger partial charge is 0.260 e. The van der Waals surface area contributed by atoms with Crippen LogP contribution >= 0.6 is 0 Å². The Morgan fingerprint density at radius 1 is 0.974 bits per heavy atom. The highest BCUT2D eigenvalue weighted by atomic mass is 16.5. The first-order chi connectivity index (χ1) is 18.9. The van der Waals surface area contributed by atoms with Gasteiger partial charge >= 0.3 is 0 Å². The lowest BCUT2D eigenvalue weighted by atomic mass is 9.90. The zero-order valence-electron chi connectivity index (χ0n) is 22.9. The molecule has 0 atom stereocenters. The lowest BCUT2D eigenvalue weighted by Crippen LogP contribution is -2.41. The van der Waals surface area contributed by atoms with Crippen molar-refractivity contribution in [1.29, 1.82) is 10.5 Å². The van der Waals surface area contributed by atoms with Gasteiger partial charge in [0.2, 0.25) is 0 Å². The summed E-state index contributed by atoms with van der Waals surface area (Å²) in [6, 6.07) is 23.3. The molecule has 1 aliphatic heterocycles. The van der Waals surface area contributed by atoms with E-state index in [0.29, 0.717) is 22.8 Å². The van der Waals surface area contributed by atoms with Crippen LogP contribution in [-0.4, -0.2) is 36.6 Å². The minimum Gasteiger partial charge on any atom is -0.491 e. The normalized spacial score (nSPS) is 13.5. The maximum Gasteiger partial charge on any atom is 0.260 e. The second kappa shape index (κ2) is 13.0. The van der Waals surface area contributed by atoms with E-state index in [9.17, 15) is 15.3 Å². The number of nitrogens with zero attached hydrogens (tertiary/aromatic N) is 3. The Labute approximate surface area is 231 Å². The lowest BCUT2D eigenvalue weighted by Gasteiger charge is -2.32. The molecule has 1 aliphatic rings. The molecule has 6 heteroatoms. The maximum atomic E-state index is 13.0. The number of hydrogen-bond donors (Lipinski definition) is 0. The first kappa shape index (κ1) is 27.7. The molecular weight excluding hydrogens is 486 g/mol. The van der Waals surface area contributed by atoms with E-state index in [2.05, 4.69) is 30.3 Å². The molecule has 4 rings (SSSR count). The molecule has 0 saturated carbocycles. The van der Waals surface area contributed by atoms with E-state index >= 15 is 0 Å². The van der Waals surface area contributed by atoms with Gasteiger partial charge in [-0.3, -0.25) is 4.79 Å². The molecule has 1 amide bonds. The molecule has 1 saturated heterocycles. The van der Waals surface area contributed by atoms with E-state index < -0.39 is 0 Å². The second-order valence-electron chi connectivity index (χ2n) is 10.4. The van der Waals surface area contributed by atoms with E-state index in [1.54, 1.807) is 24.3 Å². The minimum absolute atomic E-state index is 0.0288. The number of amides is 1. The number of hydrogen-bond acceptors (Lipinski definition) is 5. The number of carbonyl (C=O) groups is 1. The summed E-state index contributed by atoms with van der Waals surface area (Å²) >= 11 is 0. The van der Waals surface area contributed by atoms with Crippen LogP contribution < -0.4 is 9.47 Å². The number of aryl methyl sites for hydroxylation is 2. The monoisotopic (exact) mass is 521 g/mol. The van der Waals surface area contributed by atoms with Crippen molar-refractivity contribution in [3.05, 3.63) is 82.9 Å². The fourth-order valence-corrected chi connectivity index (χ4v) is 5.09. The van der Waals surface area contributed by atoms with E-state index in [0.717, 1.165) is 61.2 Å². The van der Waals surface area contributed by atoms with Crippen molar-refractivity contribution >= 4 is 5.91 Å². The number of likely N-dealkylation sites (tertiary alicyclic amines) is 1. The molecule has 0 aliphatic carbocycles. The predicted molar refractivity (Wildman–Crippen MR) is 151 cm³/mol. The van der Waals surface area contributed by atoms with Crippen LogP contribution in [-0.2, 0) is 11.2 Å². The molecule has 0 unspecified atom stereocenters. The molecule has 1 fully saturated rings. The van der Waals surface area contributed by atoms with Crippen molar-refractivity contribution in [3.8, 4) is 34.8 Å². The van der Waals surface area contributed by atoms with Gasteiger partial charge < -0.3 is 14.4 Å². The number of ether oxygens (including phenoxy) is 2. The van der Waals surface area contributed by atoms with Gasteiger partial charge in [0.15, 0.2) is 6.61 Å². The zero-order valence-corrected chi connectivity index (χ0v) is 22.9. The molecule has 200 valence electrons. The van der Waals surface area contributed by atoms with E-state index in [-0.39, 0.29) is 18.6 Å². The molecule has 3 aromatic rings. The molecule has 3 aromatic carbocycles. The average Bonchev–Trinajstić information content (AvgIpc) is 2.95. The molecule has 0 aromatic heterocycles. The predicted octanol–water partition coefficient (Wildman–Crippen LogP) is 6.44. The minimum atomic E-state index is -0.0540. The molecule has 0 spiro atoms. The zero-order chi connectivity index (χ0) is 27.8. The van der Waals surface area contributed by atoms with Crippen molar-refractivity contribution in [1.82, 2.24) is 4.90 Å². The summed E-state index contributed by atoms with van der Waals surface area (Å²) < 4.78 is 11.8. The van der Waals surface area contributed by atoms with E-state index in [4.69, 9.17) is 9.47 Å². The summed E-state index contributed by atoms with van der Waals surface area (Å²) in [7, 11) is 0. The Morgan fingerprint density at radius 2 is 1.69 bits per heavy atom. The topological polar surface area (TPSA) is 86.3 Å². The van der Waals surface area contributed by atoms with Crippen LogP contribution in [0.3, 0.4) is 0 Å². The fourth-order valence-electron chi connectivity index (χ4n) is 5.09. The third-order valence-corrected chi connectivity index (χ3v) is 7.18. The van der Waals surface area contributed by atoms with Crippen LogP contribution in [0.25, 0.3) is 11.1 Å². The fraction of sp³-hybridized carbons (Fsp3) is 0.364. The SMILES string of the molecule is Cc1cc(C#N)ccc1-c1cc(C#N)ccc1OCC(=O)N1CCC(CCc2cccc(OC(C)C)c2)CC1. The Kier molecular flexibility index (Phi) is 9.23. The van der Waals surface area contributed by atoms with Crippen LogP contribution in [0, 0.1) is 35.5 Å². The van der Waals surface area contributed by atoms with Gasteiger partial charge in [-0.05, 0) is 112 Å². The maximum absolute atomic E-state index is 13.0. The third-order valence-electron chi connectivity index (χ3n) is 7.18. The number of nitriles is 2. The number of rotatable bonds is 9. The van der Waals surface area contributed by atoms with E-state index in [1.807, 2.05) is 43.9 Å². The van der Waals surface area contributed by atoms with Gasteiger partial charge in [0.1, 0.15) is 11.5 Å². The standard InChI is InChI=1S/C33H35N3O3/c1-23(2)39-29-6-4-5-26(18-29)8-7-25-13-15-36(16-14-25)33(37)22-38-32-12-10-28(21-35)19-31(32)30-11-9-27(20-34)17-24(30)3/h4-6,9-12,17-19,23,25H,7-8,13-16,22H2,1-3H3. The molecule has 0 radical (unpaired) electrons. The number of piperidine rings is 1. The largest absolute Gasteiger partial charge is 0.491 e. The first-order valence-corrected chi connectivity index (χ1v) is 13.6. The Balaban J connectivity index is 1.32. The summed E-state index contributed by atoms with van der Waals surface area (Å²) in [5.41, 5.74) is 4.88. The van der Waals surface area contributed by atoms with Gasteiger partial charge in [-0.25, -0.2) is 0 Å².